The Bertz CT molecular complexity index is 404. The van der Waals surface area contributed by atoms with E-state index in [4.69, 9.17) is 76.6 Å². The van der Waals surface area contributed by atoms with Crippen LogP contribution in [0.2, 0.25) is 0 Å². The van der Waals surface area contributed by atoms with E-state index in [9.17, 15) is 0 Å². The van der Waals surface area contributed by atoms with Crippen LogP contribution >= 0.6 is 0 Å². The van der Waals surface area contributed by atoms with E-state index in [-0.39, 0.29) is 40.8 Å². The fourth-order valence-corrected chi connectivity index (χ4v) is 2.27. The third-order valence-corrected chi connectivity index (χ3v) is 3.58. The quantitative estimate of drug-likeness (QED) is 0.128. The molecule has 1 radical (unpaired) electrons. The second-order valence-electron chi connectivity index (χ2n) is 5.78. The van der Waals surface area contributed by atoms with Gasteiger partial charge < -0.3 is 76.6 Å². The molecule has 2 rings (SSSR count). The second-order valence-corrected chi connectivity index (χ2v) is 5.78. The molecule has 0 aromatic rings. The van der Waals surface area contributed by atoms with Gasteiger partial charge in [-0.1, -0.05) is 0 Å². The smallest absolute Gasteiger partial charge is 0.390 e. The van der Waals surface area contributed by atoms with Crippen molar-refractivity contribution < 1.29 is 86.7 Å². The van der Waals surface area contributed by atoms with E-state index >= 15 is 0 Å². The van der Waals surface area contributed by atoms with E-state index in [0.717, 1.165) is 12.8 Å². The molecule has 0 bridgehead atoms. The van der Waals surface area contributed by atoms with Crippen molar-refractivity contribution in [2.75, 3.05) is 0 Å². The number of aliphatic hydroxyl groups is 6. The van der Waals surface area contributed by atoms with Crippen molar-refractivity contribution in [3.63, 3.8) is 0 Å². The van der Waals surface area contributed by atoms with Gasteiger partial charge in [0, 0.05) is 0 Å². The molecule has 0 aromatic carbocycles. The van der Waals surface area contributed by atoms with Gasteiger partial charge in [-0.2, -0.15) is 0 Å². The Morgan fingerprint density at radius 3 is 0.710 bits per heavy atom. The van der Waals surface area contributed by atoms with Crippen LogP contribution in [-0.4, -0.2) is 82.5 Å². The van der Waals surface area contributed by atoms with Gasteiger partial charge in [0.25, 0.3) is 0 Å². The Labute approximate surface area is 207 Å². The van der Waals surface area contributed by atoms with Gasteiger partial charge in [0.2, 0.25) is 0 Å². The Morgan fingerprint density at radius 2 is 0.613 bits per heavy atom. The average molecular weight is 595 g/mol. The number of aliphatic hydroxyl groups excluding tert-OH is 6. The van der Waals surface area contributed by atoms with E-state index in [2.05, 4.69) is 0 Å². The SMILES string of the molecule is O=[N+]([O-])[O-].O=[N+]([O-])[O-].O=[N+]([O-])[O-].OC1[C@H](O)CCC[C@@H]1O.OC1[C@H](O)CCC[C@@H]1O.[Nd+3]. The van der Waals surface area contributed by atoms with Gasteiger partial charge in [0.1, 0.15) is 12.2 Å². The monoisotopic (exact) mass is 592 g/mol. The van der Waals surface area contributed by atoms with Crippen LogP contribution in [0.5, 0.6) is 0 Å². The zero-order valence-corrected chi connectivity index (χ0v) is 19.1. The van der Waals surface area contributed by atoms with Crippen molar-refractivity contribution >= 4 is 0 Å². The summed E-state index contributed by atoms with van der Waals surface area (Å²) in [6, 6.07) is 0. The zero-order valence-electron chi connectivity index (χ0n) is 15.9. The van der Waals surface area contributed by atoms with E-state index in [1.807, 2.05) is 0 Å². The molecule has 181 valence electrons. The first kappa shape index (κ1) is 37.0. The molecule has 0 amide bonds. The summed E-state index contributed by atoms with van der Waals surface area (Å²) in [5.41, 5.74) is 0. The molecule has 2 saturated carbocycles. The minimum Gasteiger partial charge on any atom is -0.390 e. The minimum atomic E-state index is -1.75. The van der Waals surface area contributed by atoms with Crippen molar-refractivity contribution in [3.05, 3.63) is 46.0 Å². The molecule has 0 aromatic heterocycles. The molecule has 2 aliphatic carbocycles. The molecule has 2 aliphatic rings. The van der Waals surface area contributed by atoms with Crippen LogP contribution in [0.3, 0.4) is 0 Å². The molecule has 2 unspecified atom stereocenters. The summed E-state index contributed by atoms with van der Waals surface area (Å²) >= 11 is 0. The van der Waals surface area contributed by atoms with Crippen LogP contribution in [0.15, 0.2) is 0 Å². The molecule has 19 heteroatoms. The molecule has 0 spiro atoms. The van der Waals surface area contributed by atoms with Gasteiger partial charge >= 0.3 is 40.8 Å². The molecule has 18 nitrogen and oxygen atoms in total. The summed E-state index contributed by atoms with van der Waals surface area (Å²) in [5, 5.41) is 97.9. The maximum Gasteiger partial charge on any atom is 3.00 e. The summed E-state index contributed by atoms with van der Waals surface area (Å²) in [6.45, 7) is 0. The molecule has 2 fully saturated rings. The minimum absolute atomic E-state index is 0. The summed E-state index contributed by atoms with van der Waals surface area (Å²) in [5.74, 6) is 0. The molecule has 6 N–H and O–H groups in total. The van der Waals surface area contributed by atoms with E-state index < -0.39 is 51.9 Å². The topological polar surface area (TPSA) is 320 Å². The average Bonchev–Trinajstić information content (AvgIpc) is 2.56. The van der Waals surface area contributed by atoms with Gasteiger partial charge in [0.05, 0.1) is 39.7 Å². The van der Waals surface area contributed by atoms with Crippen molar-refractivity contribution in [3.8, 4) is 0 Å². The van der Waals surface area contributed by atoms with Crippen molar-refractivity contribution in [1.82, 2.24) is 0 Å². The largest absolute Gasteiger partial charge is 3.00 e. The first-order valence-electron chi connectivity index (χ1n) is 8.16. The molecule has 6 atom stereocenters. The Hall–Kier alpha value is -1.29. The zero-order chi connectivity index (χ0) is 24.4. The number of rotatable bonds is 0. The molecular formula is C12H24N3NdO15. The summed E-state index contributed by atoms with van der Waals surface area (Å²) < 4.78 is 0. The second kappa shape index (κ2) is 21.9. The third-order valence-electron chi connectivity index (χ3n) is 3.58. The fourth-order valence-electron chi connectivity index (χ4n) is 2.27. The molecule has 0 heterocycles. The Morgan fingerprint density at radius 1 is 0.484 bits per heavy atom. The van der Waals surface area contributed by atoms with E-state index in [1.54, 1.807) is 0 Å². The van der Waals surface area contributed by atoms with Gasteiger partial charge in [-0.05, 0) is 38.5 Å². The van der Waals surface area contributed by atoms with Gasteiger partial charge in [-0.3, -0.25) is 0 Å². The summed E-state index contributed by atoms with van der Waals surface area (Å²) in [6.07, 6.45) is -0.645. The molecule has 0 saturated heterocycles. The summed E-state index contributed by atoms with van der Waals surface area (Å²) in [7, 11) is 0. The third kappa shape index (κ3) is 28.7. The van der Waals surface area contributed by atoms with Crippen LogP contribution in [0.1, 0.15) is 38.5 Å². The van der Waals surface area contributed by atoms with Crippen LogP contribution in [0.25, 0.3) is 0 Å². The first-order valence-corrected chi connectivity index (χ1v) is 8.16. The number of hydrogen-bond donors (Lipinski definition) is 6. The van der Waals surface area contributed by atoms with Gasteiger partial charge in [-0.15, -0.1) is 0 Å². The van der Waals surface area contributed by atoms with Crippen LogP contribution < -0.4 is 0 Å². The summed E-state index contributed by atoms with van der Waals surface area (Å²) in [4.78, 5) is 24.8. The number of hydrogen-bond acceptors (Lipinski definition) is 15. The van der Waals surface area contributed by atoms with E-state index in [1.165, 1.54) is 0 Å². The van der Waals surface area contributed by atoms with E-state index in [0.29, 0.717) is 25.7 Å². The van der Waals surface area contributed by atoms with Gasteiger partial charge in [-0.25, -0.2) is 0 Å². The van der Waals surface area contributed by atoms with Crippen LogP contribution in [-0.2, 0) is 0 Å². The predicted molar refractivity (Wildman–Crippen MR) is 94.8 cm³/mol. The van der Waals surface area contributed by atoms with Crippen molar-refractivity contribution in [2.45, 2.75) is 75.1 Å². The Balaban J connectivity index is -0.000000155. The molecule has 31 heavy (non-hydrogen) atoms. The van der Waals surface area contributed by atoms with Crippen molar-refractivity contribution in [1.29, 1.82) is 0 Å². The van der Waals surface area contributed by atoms with Crippen molar-refractivity contribution in [2.24, 2.45) is 0 Å². The molecular weight excluding hydrogens is 570 g/mol. The maximum atomic E-state index is 8.95. The fraction of sp³-hybridized carbons (Fsp3) is 1.00. The maximum absolute atomic E-state index is 8.95. The van der Waals surface area contributed by atoms with Crippen LogP contribution in [0, 0.1) is 86.8 Å². The number of nitrogens with zero attached hydrogens (tertiary/aromatic N) is 3. The first-order chi connectivity index (χ1) is 13.6. The normalized spacial score (nSPS) is 28.5. The standard InChI is InChI=1S/2C6H12O3.3NO3.Nd/c2*7-4-2-1-3-5(8)6(4)9;3*2-1(3)4;/h2*4-9H,1-3H2;;;;/q;;3*-1;+3/t2*4-,5+,6?;;;;. The molecule has 0 aliphatic heterocycles. The van der Waals surface area contributed by atoms with Gasteiger partial charge in [0.15, 0.2) is 0 Å². The predicted octanol–water partition coefficient (Wildman–Crippen LogP) is -2.21. The van der Waals surface area contributed by atoms with Crippen LogP contribution in [0.4, 0.5) is 0 Å². The Kier molecular flexibility index (Phi) is 26.2.